The van der Waals surface area contributed by atoms with Gasteiger partial charge in [-0.2, -0.15) is 0 Å². The molecule has 5 aromatic carbocycles. The Morgan fingerprint density at radius 3 is 0.859 bits per heavy atom. The molecule has 786 valence electrons. The number of hydrogen-bond acceptors (Lipinski definition) is 14. The van der Waals surface area contributed by atoms with Crippen LogP contribution in [0.4, 0.5) is 9.59 Å². The van der Waals surface area contributed by atoms with E-state index in [2.05, 4.69) is 246 Å². The number of likely N-dealkylation sites (N-methyl/N-ethyl adjacent to an activating group) is 3. The molecule has 0 atom stereocenters. The average molecular weight is 1960 g/mol. The van der Waals surface area contributed by atoms with Crippen LogP contribution in [-0.4, -0.2) is 242 Å². The summed E-state index contributed by atoms with van der Waals surface area (Å²) >= 11 is 16.7. The lowest BCUT2D eigenvalue weighted by Gasteiger charge is -2.34. The van der Waals surface area contributed by atoms with Gasteiger partial charge in [-0.25, -0.2) is 9.59 Å². The minimum atomic E-state index is -0.368. The number of alkyl carbamates (subject to hydrolysis) is 2. The molecular weight excluding hydrogens is 1750 g/mol. The largest absolute Gasteiger partial charge is 0.445 e. The number of unbranched alkanes of at least 4 members (excludes halogenated alkanes) is 15. The number of halogens is 3. The van der Waals surface area contributed by atoms with E-state index in [1.807, 2.05) is 123 Å². The summed E-state index contributed by atoms with van der Waals surface area (Å²) in [4.78, 5) is 25.9. The average Bonchev–Trinajstić information content (AvgIpc) is 0.879. The number of aliphatic hydroxyl groups is 1. The maximum atomic E-state index is 12.1. The molecule has 0 radical (unpaired) electrons. The molecule has 5 rings (SSSR count). The van der Waals surface area contributed by atoms with Crippen LogP contribution in [-0.2, 0) is 50.7 Å². The zero-order valence-corrected chi connectivity index (χ0v) is 94.8. The van der Waals surface area contributed by atoms with Gasteiger partial charge < -0.3 is 73.0 Å². The van der Waals surface area contributed by atoms with Crippen molar-refractivity contribution in [2.75, 3.05) is 175 Å². The van der Waals surface area contributed by atoms with Gasteiger partial charge in [0.25, 0.3) is 0 Å². The number of nitrogens with two attached hydrogens (primary N) is 1. The van der Waals surface area contributed by atoms with Crippen LogP contribution in [0.15, 0.2) is 133 Å². The number of benzene rings is 5. The van der Waals surface area contributed by atoms with Crippen LogP contribution in [0.1, 0.15) is 323 Å². The maximum absolute atomic E-state index is 12.1. The molecular formula is C113H210Cl3N8O11+3. The fourth-order valence-corrected chi connectivity index (χ4v) is 11.8. The van der Waals surface area contributed by atoms with Gasteiger partial charge in [0, 0.05) is 75.5 Å². The third-order valence-electron chi connectivity index (χ3n) is 21.7. The first-order chi connectivity index (χ1) is 63.4. The predicted octanol–water partition coefficient (Wildman–Crippen LogP) is 28.1. The maximum Gasteiger partial charge on any atom is 0.407 e. The van der Waals surface area contributed by atoms with E-state index in [-0.39, 0.29) is 46.6 Å². The van der Waals surface area contributed by atoms with Crippen LogP contribution in [0.5, 0.6) is 0 Å². The highest BCUT2D eigenvalue weighted by Gasteiger charge is 2.30. The standard InChI is InChI=1S/C23H40N2O3.C15H33Cl2N2O.C15H24N2O2.C15H35N2O.C9H20O.C8H18O2.3C8H10.C4H9ClO/c1-6-7-8-12-18-27-19-17-25(4,5)16-15-23(2,3)24-22(26)28-20-21-13-10-9-11-14-21;1-6-7-8-9-13-20-14-12-19(4,5)11-10-15(2,3)18(16)17;1-15(2,10-11-17(3)4)16-14(18)19-12-13-8-6-5-7-9-13;1-6-7-8-9-13-18-14-12-17(4,5)11-10-15(2,3)16;1-3-5-6-7-9-10-8-4-2;1-2-3-4-5-7-10-8-6-9;3*1-7-3-5-8(2)6-4-7;1-4(2,3)6-5/h9-11,13-14H,6-8,12,15-20H2,1-5H3;6-14H2,1-5H3;5-9H,10-12H2,1-4H3,(H,16,18);6-14,16H2,1-5H3;3-9H2,1-2H3;9H,2-8H2,1H3;3*3-6H,1-2H3;1-3H3/q;+1;;+1;;;;;;/p+1. The van der Waals surface area contributed by atoms with Gasteiger partial charge in [-0.3, -0.25) is 4.29 Å². The van der Waals surface area contributed by atoms with Crippen molar-refractivity contribution in [1.29, 1.82) is 0 Å². The van der Waals surface area contributed by atoms with Crippen molar-refractivity contribution in [2.45, 2.75) is 361 Å². The van der Waals surface area contributed by atoms with Crippen LogP contribution in [0.2, 0.25) is 0 Å². The lowest BCUT2D eigenvalue weighted by atomic mass is 10.0. The number of rotatable bonds is 57. The molecule has 0 aromatic heterocycles. The second kappa shape index (κ2) is 86.8. The highest BCUT2D eigenvalue weighted by Crippen LogP contribution is 2.25. The molecule has 0 aliphatic rings. The third kappa shape index (κ3) is 105. The molecule has 0 saturated carbocycles. The number of aryl methyl sites for hydroxylation is 6. The summed E-state index contributed by atoms with van der Waals surface area (Å²) in [6, 6.07) is 44.8. The summed E-state index contributed by atoms with van der Waals surface area (Å²) in [5, 5.41) is 14.2. The molecule has 0 aliphatic carbocycles. The lowest BCUT2D eigenvalue weighted by molar-refractivity contribution is -0.891. The first-order valence-electron chi connectivity index (χ1n) is 51.2. The van der Waals surface area contributed by atoms with Crippen LogP contribution < -0.4 is 16.4 Å². The van der Waals surface area contributed by atoms with E-state index < -0.39 is 0 Å². The molecule has 0 fully saturated rings. The quantitative estimate of drug-likeness (QED) is 0.0164. The van der Waals surface area contributed by atoms with Gasteiger partial charge in [0.15, 0.2) is 0 Å². The first-order valence-corrected chi connectivity index (χ1v) is 52.2. The summed E-state index contributed by atoms with van der Waals surface area (Å²) in [5.41, 5.74) is 15.0. The van der Waals surface area contributed by atoms with E-state index in [1.54, 1.807) is 0 Å². The monoisotopic (exact) mass is 1960 g/mol. The molecule has 0 bridgehead atoms. The Morgan fingerprint density at radius 1 is 0.356 bits per heavy atom. The summed E-state index contributed by atoms with van der Waals surface area (Å²) < 4.78 is 46.6. The molecule has 0 saturated heterocycles. The number of nitrogens with zero attached hydrogens (tertiary/aromatic N) is 5. The molecule has 5 aromatic rings. The van der Waals surface area contributed by atoms with Crippen LogP contribution in [0, 0.1) is 41.5 Å². The van der Waals surface area contributed by atoms with Crippen molar-refractivity contribution in [1.82, 2.24) is 19.5 Å². The molecule has 0 aliphatic heterocycles. The van der Waals surface area contributed by atoms with E-state index in [0.717, 1.165) is 175 Å². The molecule has 19 nitrogen and oxygen atoms in total. The van der Waals surface area contributed by atoms with Crippen molar-refractivity contribution in [3.05, 3.63) is 178 Å². The normalized spacial score (nSPS) is 11.5. The van der Waals surface area contributed by atoms with Gasteiger partial charge in [-0.05, 0) is 218 Å². The van der Waals surface area contributed by atoms with Crippen LogP contribution >= 0.6 is 35.4 Å². The number of hydrogen-bond donors (Lipinski definition) is 4. The zero-order valence-electron chi connectivity index (χ0n) is 92.5. The van der Waals surface area contributed by atoms with Gasteiger partial charge in [0.1, 0.15) is 32.8 Å². The number of amides is 2. The number of aliphatic hydroxyl groups excluding tert-OH is 1. The molecule has 0 unspecified atom stereocenters. The van der Waals surface area contributed by atoms with E-state index in [1.165, 1.54) is 153 Å². The number of ether oxygens (including phenoxy) is 7. The van der Waals surface area contributed by atoms with Crippen molar-refractivity contribution in [3.63, 3.8) is 0 Å². The van der Waals surface area contributed by atoms with Crippen molar-refractivity contribution in [2.24, 2.45) is 5.73 Å². The van der Waals surface area contributed by atoms with Crippen molar-refractivity contribution < 1.29 is 65.6 Å². The van der Waals surface area contributed by atoms with E-state index in [9.17, 15) is 9.59 Å². The predicted molar refractivity (Wildman–Crippen MR) is 583 cm³/mol. The van der Waals surface area contributed by atoms with Gasteiger partial charge in [0.2, 0.25) is 0 Å². The fourth-order valence-electron chi connectivity index (χ4n) is 11.6. The highest BCUT2D eigenvalue weighted by molar-refractivity contribution is 6.34. The molecule has 0 spiro atoms. The smallest absolute Gasteiger partial charge is 0.407 e. The Bertz CT molecular complexity index is 3200. The van der Waals surface area contributed by atoms with Crippen molar-refractivity contribution >= 4 is 47.6 Å². The Labute approximate surface area is 846 Å². The topological polar surface area (TPSA) is 185 Å². The Hall–Kier alpha value is -5.01. The summed E-state index contributed by atoms with van der Waals surface area (Å²) in [6.07, 6.45) is 29.5. The minimum Gasteiger partial charge on any atom is -0.445 e. The highest BCUT2D eigenvalue weighted by atomic mass is 35.5. The Morgan fingerprint density at radius 2 is 0.615 bits per heavy atom. The fraction of sp³-hybridized carbons (Fsp3) is 0.717. The second-order valence-electron chi connectivity index (χ2n) is 41.9. The lowest BCUT2D eigenvalue weighted by Crippen LogP contribution is -2.50. The molecule has 22 heteroatoms. The van der Waals surface area contributed by atoms with Gasteiger partial charge in [-0.15, -0.1) is 3.94 Å². The van der Waals surface area contributed by atoms with Gasteiger partial charge in [0.05, 0.1) is 118 Å². The van der Waals surface area contributed by atoms with Crippen LogP contribution in [0.3, 0.4) is 0 Å². The first kappa shape index (κ1) is 138. The Balaban J connectivity index is -0.000000480. The number of quaternary nitrogens is 3. The van der Waals surface area contributed by atoms with Gasteiger partial charge in [-0.1, -0.05) is 305 Å². The Kier molecular flexibility index (Phi) is 89.1. The van der Waals surface area contributed by atoms with E-state index in [4.69, 9.17) is 79.4 Å². The molecule has 2 amide bonds. The third-order valence-corrected chi connectivity index (χ3v) is 23.1. The van der Waals surface area contributed by atoms with Crippen LogP contribution in [0.25, 0.3) is 0 Å². The summed E-state index contributed by atoms with van der Waals surface area (Å²) in [5.74, 6) is 0. The summed E-state index contributed by atoms with van der Waals surface area (Å²) in [7, 11) is 17.4. The SMILES string of the molecule is CC(C)(C)OCl.CCCCCCOCCC.CCCCCCOCCO.CCCCCCOCC[N+](C)(C)CCC(C)(C)N.CCCCCCOCC[N+](C)(C)CCC(C)(C)N(Cl)Cl.CCCCCCOCC[N+](C)(C)CCC(C)(C)NC(=O)OCc1ccccc1.CN(C)CCC(C)(C)NC(=O)OCc1ccccc1.Cc1ccc(C)cc1.Cc1ccc(C)cc1.Cc1ccc(C)cc1. The zero-order chi connectivity index (χ0) is 103. The van der Waals surface area contributed by atoms with E-state index >= 15 is 0 Å². The van der Waals surface area contributed by atoms with E-state index in [0.29, 0.717) is 19.8 Å². The molecule has 0 heterocycles. The number of carbonyl (C=O) groups is 2. The summed E-state index contributed by atoms with van der Waals surface area (Å²) in [6.45, 7) is 64.1. The van der Waals surface area contributed by atoms with Crippen molar-refractivity contribution in [3.8, 4) is 0 Å². The second-order valence-corrected chi connectivity index (χ2v) is 42.9. The molecule has 5 N–H and O–H groups in total. The molecule has 135 heavy (non-hydrogen) atoms. The number of carbonyl (C=O) groups excluding carboxylic acids is 2. The minimum absolute atomic E-state index is 0.0590. The van der Waals surface area contributed by atoms with Gasteiger partial charge >= 0.3 is 12.2 Å². The number of nitrogens with one attached hydrogen (secondary N) is 2.